The molecule has 5 heteroatoms. The van der Waals surface area contributed by atoms with Gasteiger partial charge in [-0.25, -0.2) is 0 Å². The van der Waals surface area contributed by atoms with Crippen molar-refractivity contribution in [3.8, 4) is 0 Å². The maximum absolute atomic E-state index is 12.6. The summed E-state index contributed by atoms with van der Waals surface area (Å²) in [6.45, 7) is 2.44. The van der Waals surface area contributed by atoms with Gasteiger partial charge in [0.05, 0.1) is 16.5 Å². The zero-order chi connectivity index (χ0) is 14.3. The second-order valence-corrected chi connectivity index (χ2v) is 5.59. The van der Waals surface area contributed by atoms with Crippen molar-refractivity contribution in [1.29, 1.82) is 0 Å². The van der Waals surface area contributed by atoms with Crippen LogP contribution in [0.1, 0.15) is 23.7 Å². The SMILES string of the molecule is CC1(C(=O)O)CCN(C(=O)c2cccc3cc[nH]c23)C1. The molecule has 0 spiro atoms. The molecule has 1 aliphatic rings. The van der Waals surface area contributed by atoms with E-state index >= 15 is 0 Å². The van der Waals surface area contributed by atoms with Gasteiger partial charge in [0.1, 0.15) is 0 Å². The fraction of sp³-hybridized carbons (Fsp3) is 0.333. The number of likely N-dealkylation sites (tertiary alicyclic amines) is 1. The van der Waals surface area contributed by atoms with Crippen molar-refractivity contribution >= 4 is 22.8 Å². The number of carboxylic acid groups (broad SMARTS) is 1. The number of nitrogens with one attached hydrogen (secondary N) is 1. The third kappa shape index (κ3) is 1.86. The number of amides is 1. The highest BCUT2D eigenvalue weighted by Gasteiger charge is 2.42. The first-order chi connectivity index (χ1) is 9.51. The first-order valence-electron chi connectivity index (χ1n) is 6.60. The second-order valence-electron chi connectivity index (χ2n) is 5.59. The summed E-state index contributed by atoms with van der Waals surface area (Å²) in [6.07, 6.45) is 2.29. The Balaban J connectivity index is 1.91. The average Bonchev–Trinajstić information content (AvgIpc) is 3.04. The third-order valence-electron chi connectivity index (χ3n) is 4.09. The minimum atomic E-state index is -0.842. The second kappa shape index (κ2) is 4.37. The molecule has 0 bridgehead atoms. The molecule has 1 aromatic heterocycles. The normalized spacial score (nSPS) is 22.4. The molecule has 2 aromatic rings. The smallest absolute Gasteiger partial charge is 0.311 e. The Bertz CT molecular complexity index is 691. The van der Waals surface area contributed by atoms with Crippen molar-refractivity contribution in [2.75, 3.05) is 13.1 Å². The van der Waals surface area contributed by atoms with E-state index in [0.29, 0.717) is 18.5 Å². The Hall–Kier alpha value is -2.30. The molecule has 1 amide bonds. The van der Waals surface area contributed by atoms with Gasteiger partial charge in [0, 0.05) is 24.7 Å². The van der Waals surface area contributed by atoms with E-state index in [2.05, 4.69) is 4.98 Å². The van der Waals surface area contributed by atoms with Gasteiger partial charge in [0.15, 0.2) is 0 Å². The Morgan fingerprint density at radius 1 is 1.35 bits per heavy atom. The van der Waals surface area contributed by atoms with Crippen LogP contribution < -0.4 is 0 Å². The number of carboxylic acids is 1. The monoisotopic (exact) mass is 272 g/mol. The molecular formula is C15H16N2O3. The maximum Gasteiger partial charge on any atom is 0.311 e. The molecule has 20 heavy (non-hydrogen) atoms. The van der Waals surface area contributed by atoms with Gasteiger partial charge < -0.3 is 15.0 Å². The number of fused-ring (bicyclic) bond motifs is 1. The average molecular weight is 272 g/mol. The van der Waals surface area contributed by atoms with Crippen LogP contribution in [0, 0.1) is 5.41 Å². The summed E-state index contributed by atoms with van der Waals surface area (Å²) >= 11 is 0. The summed E-state index contributed by atoms with van der Waals surface area (Å²) in [5.41, 5.74) is 0.572. The summed E-state index contributed by atoms with van der Waals surface area (Å²) < 4.78 is 0. The van der Waals surface area contributed by atoms with Gasteiger partial charge in [0.25, 0.3) is 5.91 Å². The quantitative estimate of drug-likeness (QED) is 0.879. The number of carbonyl (C=O) groups excluding carboxylic acids is 1. The van der Waals surface area contributed by atoms with Gasteiger partial charge in [-0.2, -0.15) is 0 Å². The van der Waals surface area contributed by atoms with Crippen molar-refractivity contribution in [1.82, 2.24) is 9.88 Å². The molecule has 104 valence electrons. The van der Waals surface area contributed by atoms with Crippen LogP contribution in [0.2, 0.25) is 0 Å². The number of aliphatic carboxylic acids is 1. The number of benzene rings is 1. The lowest BCUT2D eigenvalue weighted by molar-refractivity contribution is -0.147. The molecule has 1 unspecified atom stereocenters. The van der Waals surface area contributed by atoms with E-state index in [1.807, 2.05) is 18.2 Å². The number of para-hydroxylation sites is 1. The zero-order valence-electron chi connectivity index (χ0n) is 11.2. The number of aromatic nitrogens is 1. The van der Waals surface area contributed by atoms with Gasteiger partial charge >= 0.3 is 5.97 Å². The highest BCUT2D eigenvalue weighted by atomic mass is 16.4. The highest BCUT2D eigenvalue weighted by molar-refractivity contribution is 6.06. The number of nitrogens with zero attached hydrogens (tertiary/aromatic N) is 1. The van der Waals surface area contributed by atoms with Crippen molar-refractivity contribution in [3.05, 3.63) is 36.0 Å². The molecule has 3 rings (SSSR count). The topological polar surface area (TPSA) is 73.4 Å². The van der Waals surface area contributed by atoms with Crippen molar-refractivity contribution in [3.63, 3.8) is 0 Å². The fourth-order valence-corrected chi connectivity index (χ4v) is 2.74. The molecule has 1 atom stereocenters. The van der Waals surface area contributed by atoms with E-state index in [0.717, 1.165) is 10.9 Å². The van der Waals surface area contributed by atoms with Crippen molar-refractivity contribution in [2.24, 2.45) is 5.41 Å². The number of hydrogen-bond acceptors (Lipinski definition) is 2. The van der Waals surface area contributed by atoms with Crippen LogP contribution in [0.5, 0.6) is 0 Å². The molecule has 0 radical (unpaired) electrons. The van der Waals surface area contributed by atoms with Crippen LogP contribution in [0.15, 0.2) is 30.5 Å². The van der Waals surface area contributed by atoms with Crippen molar-refractivity contribution in [2.45, 2.75) is 13.3 Å². The largest absolute Gasteiger partial charge is 0.481 e. The third-order valence-corrected chi connectivity index (χ3v) is 4.09. The van der Waals surface area contributed by atoms with Crippen LogP contribution in [0.25, 0.3) is 10.9 Å². The molecule has 1 aromatic carbocycles. The lowest BCUT2D eigenvalue weighted by Crippen LogP contribution is -2.34. The predicted octanol–water partition coefficient (Wildman–Crippen LogP) is 2.10. The zero-order valence-corrected chi connectivity index (χ0v) is 11.2. The summed E-state index contributed by atoms with van der Waals surface area (Å²) in [5, 5.41) is 10.2. The summed E-state index contributed by atoms with van der Waals surface area (Å²) in [4.78, 5) is 28.5. The maximum atomic E-state index is 12.6. The molecule has 5 nitrogen and oxygen atoms in total. The summed E-state index contributed by atoms with van der Waals surface area (Å²) in [6, 6.07) is 7.47. The van der Waals surface area contributed by atoms with E-state index < -0.39 is 11.4 Å². The lowest BCUT2D eigenvalue weighted by atomic mass is 9.90. The van der Waals surface area contributed by atoms with Gasteiger partial charge in [0.2, 0.25) is 0 Å². The van der Waals surface area contributed by atoms with Crippen molar-refractivity contribution < 1.29 is 14.7 Å². The number of hydrogen-bond donors (Lipinski definition) is 2. The Kier molecular flexibility index (Phi) is 2.78. The standard InChI is InChI=1S/C15H16N2O3/c1-15(14(19)20)6-8-17(9-15)13(18)11-4-2-3-10-5-7-16-12(10)11/h2-5,7,16H,6,8-9H2,1H3,(H,19,20). The molecule has 2 heterocycles. The van der Waals surface area contributed by atoms with Crippen LogP contribution in [0.3, 0.4) is 0 Å². The van der Waals surface area contributed by atoms with E-state index in [4.69, 9.17) is 0 Å². The van der Waals surface area contributed by atoms with Gasteiger partial charge in [-0.3, -0.25) is 9.59 Å². The molecule has 2 N–H and O–H groups in total. The number of aromatic amines is 1. The Morgan fingerprint density at radius 3 is 2.85 bits per heavy atom. The van der Waals surface area contributed by atoms with Gasteiger partial charge in [-0.05, 0) is 25.5 Å². The summed E-state index contributed by atoms with van der Waals surface area (Å²) in [5.74, 6) is -0.950. The first-order valence-corrected chi connectivity index (χ1v) is 6.60. The molecule has 1 fully saturated rings. The van der Waals surface area contributed by atoms with E-state index in [1.54, 1.807) is 24.1 Å². The lowest BCUT2D eigenvalue weighted by Gasteiger charge is -2.20. The summed E-state index contributed by atoms with van der Waals surface area (Å²) in [7, 11) is 0. The van der Waals surface area contributed by atoms with Crippen LogP contribution >= 0.6 is 0 Å². The van der Waals surface area contributed by atoms with Gasteiger partial charge in [-0.1, -0.05) is 12.1 Å². The van der Waals surface area contributed by atoms with Gasteiger partial charge in [-0.15, -0.1) is 0 Å². The first kappa shape index (κ1) is 12.7. The highest BCUT2D eigenvalue weighted by Crippen LogP contribution is 2.31. The number of carbonyl (C=O) groups is 2. The van der Waals surface area contributed by atoms with E-state index in [9.17, 15) is 14.7 Å². The Labute approximate surface area is 116 Å². The van der Waals surface area contributed by atoms with E-state index in [1.165, 1.54) is 0 Å². The van der Waals surface area contributed by atoms with Crippen LogP contribution in [0.4, 0.5) is 0 Å². The Morgan fingerprint density at radius 2 is 2.15 bits per heavy atom. The van der Waals surface area contributed by atoms with Crippen LogP contribution in [-0.2, 0) is 4.79 Å². The molecular weight excluding hydrogens is 256 g/mol. The van der Waals surface area contributed by atoms with Crippen LogP contribution in [-0.4, -0.2) is 40.0 Å². The molecule has 0 saturated carbocycles. The molecule has 1 aliphatic heterocycles. The number of rotatable bonds is 2. The number of H-pyrrole nitrogens is 1. The van der Waals surface area contributed by atoms with E-state index in [-0.39, 0.29) is 12.5 Å². The predicted molar refractivity (Wildman–Crippen MR) is 74.6 cm³/mol. The molecule has 1 saturated heterocycles. The fourth-order valence-electron chi connectivity index (χ4n) is 2.74. The minimum Gasteiger partial charge on any atom is -0.481 e. The molecule has 0 aliphatic carbocycles. The minimum absolute atomic E-state index is 0.108.